The first-order valence-corrected chi connectivity index (χ1v) is 11.2. The van der Waals surface area contributed by atoms with E-state index in [-0.39, 0.29) is 0 Å². The van der Waals surface area contributed by atoms with Gasteiger partial charge < -0.3 is 0 Å². The van der Waals surface area contributed by atoms with Crippen LogP contribution in [0.3, 0.4) is 0 Å². The highest BCUT2D eigenvalue weighted by Crippen LogP contribution is 2.67. The summed E-state index contributed by atoms with van der Waals surface area (Å²) >= 11 is 0. The molecule has 0 spiro atoms. The van der Waals surface area contributed by atoms with Gasteiger partial charge in [0.1, 0.15) is 5.66 Å². The molecule has 0 nitrogen and oxygen atoms in total. The molecule has 0 saturated carbocycles. The highest BCUT2D eigenvalue weighted by molar-refractivity contribution is 8.02. The Morgan fingerprint density at radius 1 is 0.917 bits per heavy atom. The summed E-state index contributed by atoms with van der Waals surface area (Å²) in [5.41, 5.74) is 6.45. The van der Waals surface area contributed by atoms with E-state index in [0.717, 1.165) is 25.7 Å². The number of benzene rings is 2. The van der Waals surface area contributed by atoms with E-state index < -0.39 is 7.14 Å². The second-order valence-corrected chi connectivity index (χ2v) is 10.4. The summed E-state index contributed by atoms with van der Waals surface area (Å²) in [6.45, 7) is 2.32. The quantitative estimate of drug-likeness (QED) is 0.513. The Morgan fingerprint density at radius 2 is 1.67 bits per heavy atom. The van der Waals surface area contributed by atoms with Crippen LogP contribution in [0.5, 0.6) is 0 Å². The molecule has 0 fully saturated rings. The fourth-order valence-electron chi connectivity index (χ4n) is 4.28. The average Bonchev–Trinajstić information content (AvgIpc) is 2.79. The molecule has 2 heteroatoms. The number of aryl methyl sites for hydroxylation is 1. The Bertz CT molecular complexity index is 802. The number of allylic oxidation sites excluding steroid dienone is 4. The lowest BCUT2D eigenvalue weighted by molar-refractivity contribution is 0.863. The molecule has 2 aliphatic carbocycles. The van der Waals surface area contributed by atoms with Crippen LogP contribution in [-0.2, 0) is 6.42 Å². The van der Waals surface area contributed by atoms with E-state index in [4.69, 9.17) is 7.57 Å². The highest BCUT2D eigenvalue weighted by Gasteiger charge is 2.44. The van der Waals surface area contributed by atoms with Crippen LogP contribution in [0.4, 0.5) is 0 Å². The zero-order valence-corrected chi connectivity index (χ0v) is 15.2. The van der Waals surface area contributed by atoms with Gasteiger partial charge in [-0.3, -0.25) is 0 Å². The lowest BCUT2D eigenvalue weighted by Gasteiger charge is -2.33. The highest BCUT2D eigenvalue weighted by atomic mass is 31.2. The number of rotatable bonds is 2. The van der Waals surface area contributed by atoms with Crippen LogP contribution in [-0.4, -0.2) is 14.2 Å². The largest absolute Gasteiger partial charge is 0.371 e. The van der Waals surface area contributed by atoms with Gasteiger partial charge in [0.2, 0.25) is 0 Å². The van der Waals surface area contributed by atoms with Crippen molar-refractivity contribution in [2.75, 3.05) is 6.66 Å². The van der Waals surface area contributed by atoms with Gasteiger partial charge in [-0.1, -0.05) is 54.6 Å². The Morgan fingerprint density at radius 3 is 2.50 bits per heavy atom. The normalized spacial score (nSPS) is 22.3. The molecule has 0 aromatic heterocycles. The van der Waals surface area contributed by atoms with Crippen molar-refractivity contribution in [1.82, 2.24) is 0 Å². The van der Waals surface area contributed by atoms with Gasteiger partial charge in [0.05, 0.1) is 5.30 Å². The third kappa shape index (κ3) is 2.70. The molecule has 24 heavy (non-hydrogen) atoms. The fourth-order valence-corrected chi connectivity index (χ4v) is 7.17. The first-order chi connectivity index (χ1) is 11.7. The van der Waals surface area contributed by atoms with Gasteiger partial charge in [-0.05, 0) is 60.1 Å². The van der Waals surface area contributed by atoms with E-state index in [9.17, 15) is 0 Å². The predicted octanol–water partition coefficient (Wildman–Crippen LogP) is 5.38. The Balaban J connectivity index is 1.93. The van der Waals surface area contributed by atoms with Gasteiger partial charge in [-0.2, -0.15) is 0 Å². The maximum atomic E-state index is 7.16. The molecular formula is C22H23BP+. The minimum Gasteiger partial charge on any atom is -0.0839 e. The van der Waals surface area contributed by atoms with Gasteiger partial charge >= 0.3 is 7.57 Å². The summed E-state index contributed by atoms with van der Waals surface area (Å²) < 4.78 is 0. The molecule has 2 radical (unpaired) electrons. The van der Waals surface area contributed by atoms with Crippen LogP contribution < -0.4 is 5.30 Å². The summed E-state index contributed by atoms with van der Waals surface area (Å²) in [5.74, 6) is 0. The average molecular weight is 329 g/mol. The molecule has 0 N–H and O–H groups in total. The first kappa shape index (κ1) is 15.9. The monoisotopic (exact) mass is 329 g/mol. The molecule has 2 unspecified atom stereocenters. The fraction of sp³-hybridized carbons (Fsp3) is 0.273. The summed E-state index contributed by atoms with van der Waals surface area (Å²) in [4.78, 5) is 0. The minimum absolute atomic E-state index is 0.360. The zero-order valence-electron chi connectivity index (χ0n) is 14.3. The Hall–Kier alpha value is -1.59. The molecule has 0 saturated heterocycles. The molecular weight excluding hydrogens is 306 g/mol. The molecule has 0 aliphatic heterocycles. The topological polar surface area (TPSA) is 0 Å². The van der Waals surface area contributed by atoms with Gasteiger partial charge in [-0.15, -0.1) is 0 Å². The number of fused-ring (bicyclic) bond motifs is 1. The van der Waals surface area contributed by atoms with E-state index in [0.29, 0.717) is 5.66 Å². The third-order valence-electron chi connectivity index (χ3n) is 5.50. The van der Waals surface area contributed by atoms with Crippen molar-refractivity contribution in [1.29, 1.82) is 0 Å². The van der Waals surface area contributed by atoms with Crippen LogP contribution in [0.15, 0.2) is 77.9 Å². The van der Waals surface area contributed by atoms with E-state index in [1.807, 2.05) is 0 Å². The SMILES string of the molecule is [B][P+](C)(c1ccccc1)C1C2=C(C=CCC2)CCc2ccccc21. The lowest BCUT2D eigenvalue weighted by atomic mass is 9.92. The standard InChI is InChI=1S/C22H23BP/c1-24(23,19-11-3-2-4-12-19)22-20-13-7-5-9-17(20)15-16-18-10-6-8-14-21(18)22/h2-7,9-13,22H,8,14-16H2,1H3/q+1. The first-order valence-electron chi connectivity index (χ1n) is 8.84. The van der Waals surface area contributed by atoms with Crippen molar-refractivity contribution in [3.63, 3.8) is 0 Å². The third-order valence-corrected chi connectivity index (χ3v) is 8.58. The van der Waals surface area contributed by atoms with Crippen molar-refractivity contribution < 1.29 is 0 Å². The van der Waals surface area contributed by atoms with Crippen molar-refractivity contribution in [3.8, 4) is 0 Å². The molecule has 2 aromatic carbocycles. The van der Waals surface area contributed by atoms with E-state index >= 15 is 0 Å². The summed E-state index contributed by atoms with van der Waals surface area (Å²) in [5, 5.41) is 1.33. The van der Waals surface area contributed by atoms with E-state index in [1.165, 1.54) is 22.0 Å². The predicted molar refractivity (Wildman–Crippen MR) is 108 cm³/mol. The number of hydrogen-bond acceptors (Lipinski definition) is 0. The van der Waals surface area contributed by atoms with Crippen LogP contribution >= 0.6 is 7.14 Å². The molecule has 4 rings (SSSR count). The van der Waals surface area contributed by atoms with E-state index in [2.05, 4.69) is 73.4 Å². The van der Waals surface area contributed by atoms with Crippen LogP contribution in [0, 0.1) is 0 Å². The van der Waals surface area contributed by atoms with Crippen LogP contribution in [0.1, 0.15) is 36.0 Å². The molecule has 2 aliphatic rings. The van der Waals surface area contributed by atoms with Crippen molar-refractivity contribution >= 4 is 20.0 Å². The Labute approximate surface area is 147 Å². The lowest BCUT2D eigenvalue weighted by Crippen LogP contribution is -2.20. The van der Waals surface area contributed by atoms with Crippen LogP contribution in [0.25, 0.3) is 0 Å². The molecule has 2 atom stereocenters. The van der Waals surface area contributed by atoms with Gasteiger partial charge in [-0.25, -0.2) is 0 Å². The second kappa shape index (κ2) is 6.38. The molecule has 0 heterocycles. The van der Waals surface area contributed by atoms with Crippen molar-refractivity contribution in [3.05, 3.63) is 89.0 Å². The molecule has 0 bridgehead atoms. The Kier molecular flexibility index (Phi) is 4.23. The molecule has 118 valence electrons. The smallest absolute Gasteiger partial charge is 0.0839 e. The van der Waals surface area contributed by atoms with Crippen molar-refractivity contribution in [2.24, 2.45) is 0 Å². The van der Waals surface area contributed by atoms with Gasteiger partial charge in [0.25, 0.3) is 0 Å². The summed E-state index contributed by atoms with van der Waals surface area (Å²) in [7, 11) is 5.35. The summed E-state index contributed by atoms with van der Waals surface area (Å²) in [6.07, 6.45) is 9.28. The minimum atomic E-state index is -1.81. The van der Waals surface area contributed by atoms with Crippen molar-refractivity contribution in [2.45, 2.75) is 31.3 Å². The zero-order chi connectivity index (χ0) is 16.6. The summed E-state index contributed by atoms with van der Waals surface area (Å²) in [6, 6.07) is 19.8. The molecule has 2 aromatic rings. The maximum absolute atomic E-state index is 7.16. The van der Waals surface area contributed by atoms with Crippen LogP contribution in [0.2, 0.25) is 0 Å². The van der Waals surface area contributed by atoms with Gasteiger partial charge in [0, 0.05) is 13.8 Å². The second-order valence-electron chi connectivity index (χ2n) is 7.08. The molecule has 0 amide bonds. The maximum Gasteiger partial charge on any atom is 0.371 e. The number of hydrogen-bond donors (Lipinski definition) is 0. The van der Waals surface area contributed by atoms with Gasteiger partial charge in [0.15, 0.2) is 0 Å². The van der Waals surface area contributed by atoms with E-state index in [1.54, 1.807) is 5.57 Å².